The fourth-order valence-corrected chi connectivity index (χ4v) is 8.79. The Balaban J connectivity index is 0.000000326. The van der Waals surface area contributed by atoms with E-state index in [0.717, 1.165) is 11.8 Å². The Hall–Kier alpha value is -3.97. The van der Waals surface area contributed by atoms with Crippen LogP contribution >= 0.6 is 11.8 Å². The van der Waals surface area contributed by atoms with E-state index in [2.05, 4.69) is 84.2 Å². The van der Waals surface area contributed by atoms with Crippen LogP contribution in [-0.4, -0.2) is 22.2 Å². The molecule has 0 aliphatic carbocycles. The zero-order chi connectivity index (χ0) is 45.3. The summed E-state index contributed by atoms with van der Waals surface area (Å²) in [5, 5.41) is 18.2. The zero-order valence-electron chi connectivity index (χ0n) is 39.6. The zero-order valence-corrected chi connectivity index (χ0v) is 40.4. The number of aromatic nitrogens is 2. The van der Waals surface area contributed by atoms with Gasteiger partial charge in [-0.2, -0.15) is 0 Å². The van der Waals surface area contributed by atoms with Crippen molar-refractivity contribution in [1.29, 1.82) is 0 Å². The fraction of sp³-hybridized carbons (Fsp3) is 0.571. The molecule has 0 saturated carbocycles. The minimum atomic E-state index is -1.03. The normalized spacial score (nSPS) is 10.7. The molecule has 2 aromatic heterocycles. The molecule has 0 spiro atoms. The third-order valence-electron chi connectivity index (χ3n) is 11.5. The highest BCUT2D eigenvalue weighted by molar-refractivity contribution is 7.99. The molecule has 4 rings (SSSR count). The van der Waals surface area contributed by atoms with Crippen LogP contribution in [-0.2, 0) is 13.1 Å². The molecule has 0 radical (unpaired) electrons. The lowest BCUT2D eigenvalue weighted by molar-refractivity contribution is -0.697. The molecule has 0 atom stereocenters. The van der Waals surface area contributed by atoms with Gasteiger partial charge in [-0.1, -0.05) is 216 Å². The van der Waals surface area contributed by atoms with Crippen molar-refractivity contribution in [2.24, 2.45) is 0 Å². The maximum atomic E-state index is 11.1. The molecule has 348 valence electrons. The van der Waals surface area contributed by atoms with Crippen LogP contribution in [0.4, 0.5) is 0 Å². The third-order valence-corrected chi connectivity index (χ3v) is 12.7. The van der Waals surface area contributed by atoms with Crippen LogP contribution < -0.4 is 9.13 Å². The van der Waals surface area contributed by atoms with Crippen LogP contribution in [0.15, 0.2) is 120 Å². The Morgan fingerprint density at radius 3 is 0.889 bits per heavy atom. The Labute approximate surface area is 388 Å². The number of unbranched alkanes of at least 4 members (excludes halogenated alkanes) is 26. The minimum absolute atomic E-state index is 0.160. The van der Waals surface area contributed by atoms with Crippen molar-refractivity contribution >= 4 is 23.7 Å². The van der Waals surface area contributed by atoms with Crippen molar-refractivity contribution in [2.75, 3.05) is 0 Å². The highest BCUT2D eigenvalue weighted by atomic mass is 32.2. The van der Waals surface area contributed by atoms with E-state index in [4.69, 9.17) is 10.2 Å². The number of aryl methyl sites for hydroxylation is 2. The second kappa shape index (κ2) is 39.6. The Morgan fingerprint density at radius 1 is 0.365 bits per heavy atom. The molecule has 6 nitrogen and oxygen atoms in total. The predicted molar refractivity (Wildman–Crippen MR) is 265 cm³/mol. The van der Waals surface area contributed by atoms with Gasteiger partial charge in [0.05, 0.1) is 11.1 Å². The van der Waals surface area contributed by atoms with Gasteiger partial charge in [-0.3, -0.25) is 0 Å². The number of aromatic carboxylic acids is 2. The molecule has 0 aliphatic heterocycles. The van der Waals surface area contributed by atoms with Crippen LogP contribution in [0.3, 0.4) is 0 Å². The number of benzene rings is 2. The second-order valence-electron chi connectivity index (χ2n) is 17.1. The summed E-state index contributed by atoms with van der Waals surface area (Å²) >= 11 is 1.14. The molecule has 0 saturated heterocycles. The van der Waals surface area contributed by atoms with Crippen molar-refractivity contribution < 1.29 is 28.9 Å². The van der Waals surface area contributed by atoms with Gasteiger partial charge in [0.1, 0.15) is 13.1 Å². The average Bonchev–Trinajstić information content (AvgIpc) is 3.30. The van der Waals surface area contributed by atoms with Gasteiger partial charge < -0.3 is 10.2 Å². The largest absolute Gasteiger partial charge is 0.478 e. The third kappa shape index (κ3) is 29.9. The van der Waals surface area contributed by atoms with Crippen molar-refractivity contribution in [3.8, 4) is 0 Å². The standard InChI is InChI=1S/2C21H38N.C14H10O4S/c2*1-2-3-4-5-6-7-8-9-10-11-12-13-14-16-19-22-20-17-15-18-21-22;15-13(16)9-5-1-3-7-11(9)19-12-8-4-2-6-10(12)14(17)18/h2*15,17-18,20-21H,2-14,16,19H2,1H3;1-8H,(H,15,16)(H,17,18)/q2*+1;. The molecule has 7 heteroatoms. The molecule has 2 aromatic carbocycles. The Morgan fingerprint density at radius 2 is 0.619 bits per heavy atom. The van der Waals surface area contributed by atoms with Gasteiger partial charge in [0, 0.05) is 46.9 Å². The number of carboxylic acid groups (broad SMARTS) is 2. The molecule has 63 heavy (non-hydrogen) atoms. The van der Waals surface area contributed by atoms with Crippen molar-refractivity contribution in [1.82, 2.24) is 0 Å². The summed E-state index contributed by atoms with van der Waals surface area (Å²) in [5.41, 5.74) is 0.320. The summed E-state index contributed by atoms with van der Waals surface area (Å²) in [5.74, 6) is -2.06. The van der Waals surface area contributed by atoms with Crippen LogP contribution in [0.1, 0.15) is 214 Å². The molecule has 2 N–H and O–H groups in total. The smallest absolute Gasteiger partial charge is 0.336 e. The molecule has 0 fully saturated rings. The first-order chi connectivity index (χ1) is 31.0. The van der Waals surface area contributed by atoms with E-state index >= 15 is 0 Å². The predicted octanol–water partition coefficient (Wildman–Crippen LogP) is 16.1. The highest BCUT2D eigenvalue weighted by Crippen LogP contribution is 2.33. The first-order valence-electron chi connectivity index (χ1n) is 25.2. The molecule has 0 unspecified atom stereocenters. The van der Waals surface area contributed by atoms with E-state index in [1.165, 1.54) is 205 Å². The lowest BCUT2D eigenvalue weighted by Crippen LogP contribution is -2.32. The summed E-state index contributed by atoms with van der Waals surface area (Å²) in [6.45, 7) is 6.94. The number of hydrogen-bond donors (Lipinski definition) is 2. The molecule has 2 heterocycles. The van der Waals surface area contributed by atoms with Crippen molar-refractivity contribution in [3.63, 3.8) is 0 Å². The minimum Gasteiger partial charge on any atom is -0.478 e. The number of carboxylic acids is 2. The van der Waals surface area contributed by atoms with Crippen molar-refractivity contribution in [3.05, 3.63) is 121 Å². The highest BCUT2D eigenvalue weighted by Gasteiger charge is 2.14. The number of hydrogen-bond acceptors (Lipinski definition) is 3. The Kier molecular flexibility index (Phi) is 34.7. The van der Waals surface area contributed by atoms with Gasteiger partial charge in [-0.25, -0.2) is 18.7 Å². The monoisotopic (exact) mass is 883 g/mol. The second-order valence-corrected chi connectivity index (χ2v) is 18.2. The van der Waals surface area contributed by atoms with E-state index < -0.39 is 11.9 Å². The lowest BCUT2D eigenvalue weighted by atomic mass is 10.0. The number of pyridine rings is 2. The van der Waals surface area contributed by atoms with E-state index in [0.29, 0.717) is 9.79 Å². The van der Waals surface area contributed by atoms with Crippen LogP contribution in [0, 0.1) is 0 Å². The van der Waals surface area contributed by atoms with Gasteiger partial charge in [0.25, 0.3) is 0 Å². The van der Waals surface area contributed by atoms with Gasteiger partial charge in [0.2, 0.25) is 0 Å². The maximum absolute atomic E-state index is 11.1. The van der Waals surface area contributed by atoms with Crippen molar-refractivity contribution in [2.45, 2.75) is 217 Å². The summed E-state index contributed by atoms with van der Waals surface area (Å²) in [7, 11) is 0. The fourth-order valence-electron chi connectivity index (χ4n) is 7.73. The summed E-state index contributed by atoms with van der Waals surface area (Å²) in [4.78, 5) is 23.2. The average molecular weight is 883 g/mol. The molecule has 0 bridgehead atoms. The quantitative estimate of drug-likeness (QED) is 0.0361. The first-order valence-corrected chi connectivity index (χ1v) is 26.0. The van der Waals surface area contributed by atoms with Crippen LogP contribution in [0.5, 0.6) is 0 Å². The van der Waals surface area contributed by atoms with E-state index in [9.17, 15) is 9.59 Å². The molecule has 4 aromatic rings. The molecular weight excluding hydrogens is 797 g/mol. The lowest BCUT2D eigenvalue weighted by Gasteiger charge is -2.07. The summed E-state index contributed by atoms with van der Waals surface area (Å²) in [6, 6.07) is 25.6. The molecule has 0 aliphatic rings. The van der Waals surface area contributed by atoms with E-state index in [1.54, 1.807) is 36.4 Å². The van der Waals surface area contributed by atoms with Gasteiger partial charge in [0.15, 0.2) is 24.8 Å². The summed E-state index contributed by atoms with van der Waals surface area (Å²) < 4.78 is 4.58. The van der Waals surface area contributed by atoms with E-state index in [-0.39, 0.29) is 11.1 Å². The first kappa shape index (κ1) is 55.2. The Bertz CT molecular complexity index is 1550. The molecule has 0 amide bonds. The van der Waals surface area contributed by atoms with Crippen LogP contribution in [0.2, 0.25) is 0 Å². The SMILES string of the molecule is CCCCCCCCCCCCCCCC[n+]1ccccc1.CCCCCCCCCCCCCCCC[n+]1ccccc1.O=C(O)c1ccccc1Sc1ccccc1C(=O)O. The van der Waals surface area contributed by atoms with Gasteiger partial charge >= 0.3 is 11.9 Å². The van der Waals surface area contributed by atoms with Gasteiger partial charge in [-0.15, -0.1) is 0 Å². The maximum Gasteiger partial charge on any atom is 0.336 e. The number of nitrogens with zero attached hydrogens (tertiary/aromatic N) is 2. The van der Waals surface area contributed by atoms with Crippen LogP contribution in [0.25, 0.3) is 0 Å². The topological polar surface area (TPSA) is 82.4 Å². The number of rotatable bonds is 34. The van der Waals surface area contributed by atoms with Gasteiger partial charge in [-0.05, 0) is 37.1 Å². The summed E-state index contributed by atoms with van der Waals surface area (Å²) in [6.07, 6.45) is 48.8. The van der Waals surface area contributed by atoms with E-state index in [1.807, 2.05) is 0 Å². The molecular formula is C56H86N2O4S+2. The number of carbonyl (C=O) groups is 2.